The molecule has 0 unspecified atom stereocenters. The van der Waals surface area contributed by atoms with E-state index in [1.54, 1.807) is 0 Å². The Bertz CT molecular complexity index is 683. The van der Waals surface area contributed by atoms with Crippen molar-refractivity contribution >= 4 is 5.91 Å². The maximum absolute atomic E-state index is 12.4. The smallest absolute Gasteiger partial charge is 0.260 e. The Hall–Kier alpha value is -2.60. The molecule has 1 saturated heterocycles. The van der Waals surface area contributed by atoms with Crippen molar-refractivity contribution in [2.45, 2.75) is 13.5 Å². The van der Waals surface area contributed by atoms with Gasteiger partial charge in [0.25, 0.3) is 5.91 Å². The highest BCUT2D eigenvalue weighted by Crippen LogP contribution is 2.17. The maximum Gasteiger partial charge on any atom is 0.260 e. The highest BCUT2D eigenvalue weighted by molar-refractivity contribution is 5.77. The van der Waals surface area contributed by atoms with Gasteiger partial charge < -0.3 is 14.4 Å². The van der Waals surface area contributed by atoms with E-state index in [0.29, 0.717) is 12.4 Å². The van der Waals surface area contributed by atoms with Crippen molar-refractivity contribution in [2.24, 2.45) is 0 Å². The van der Waals surface area contributed by atoms with Crippen LogP contribution in [0.25, 0.3) is 0 Å². The van der Waals surface area contributed by atoms with Gasteiger partial charge in [-0.3, -0.25) is 14.7 Å². The Kier molecular flexibility index (Phi) is 6.44. The first kappa shape index (κ1) is 18.2. The molecule has 2 aromatic rings. The van der Waals surface area contributed by atoms with Crippen LogP contribution in [0.3, 0.4) is 0 Å². The number of benzene rings is 1. The van der Waals surface area contributed by atoms with Crippen LogP contribution < -0.4 is 9.47 Å². The van der Waals surface area contributed by atoms with Gasteiger partial charge >= 0.3 is 0 Å². The van der Waals surface area contributed by atoms with Gasteiger partial charge in [-0.05, 0) is 43.3 Å². The highest BCUT2D eigenvalue weighted by atomic mass is 16.5. The standard InChI is InChI=1S/C20H25N3O3/c1-2-25-18-6-8-19(9-7-18)26-16-20(24)23-13-11-22(12-14-23)15-17-5-3-4-10-21-17/h3-10H,2,11-16H2,1H3. The normalized spacial score (nSPS) is 14.9. The zero-order valence-corrected chi connectivity index (χ0v) is 15.1. The Morgan fingerprint density at radius 3 is 2.31 bits per heavy atom. The fourth-order valence-electron chi connectivity index (χ4n) is 2.91. The Labute approximate surface area is 154 Å². The Balaban J connectivity index is 1.40. The van der Waals surface area contributed by atoms with Crippen LogP contribution in [-0.2, 0) is 11.3 Å². The van der Waals surface area contributed by atoms with Gasteiger partial charge in [-0.2, -0.15) is 0 Å². The van der Waals surface area contributed by atoms with Gasteiger partial charge in [-0.25, -0.2) is 0 Å². The molecule has 0 aliphatic carbocycles. The molecule has 1 aromatic heterocycles. The second-order valence-corrected chi connectivity index (χ2v) is 6.17. The van der Waals surface area contributed by atoms with E-state index < -0.39 is 0 Å². The van der Waals surface area contributed by atoms with Gasteiger partial charge in [0.15, 0.2) is 6.61 Å². The van der Waals surface area contributed by atoms with Gasteiger partial charge in [0.2, 0.25) is 0 Å². The van der Waals surface area contributed by atoms with Crippen LogP contribution >= 0.6 is 0 Å². The van der Waals surface area contributed by atoms with E-state index in [9.17, 15) is 4.79 Å². The molecule has 2 heterocycles. The van der Waals surface area contributed by atoms with E-state index in [1.165, 1.54) is 0 Å². The molecular weight excluding hydrogens is 330 g/mol. The van der Waals surface area contributed by atoms with Crippen LogP contribution in [0.1, 0.15) is 12.6 Å². The molecule has 26 heavy (non-hydrogen) atoms. The average Bonchev–Trinajstić information content (AvgIpc) is 2.69. The van der Waals surface area contributed by atoms with E-state index in [2.05, 4.69) is 9.88 Å². The van der Waals surface area contributed by atoms with Gasteiger partial charge in [0, 0.05) is 38.9 Å². The molecule has 0 N–H and O–H groups in total. The molecule has 3 rings (SSSR count). The molecule has 1 fully saturated rings. The summed E-state index contributed by atoms with van der Waals surface area (Å²) in [5.41, 5.74) is 1.06. The van der Waals surface area contributed by atoms with Crippen molar-refractivity contribution in [3.05, 3.63) is 54.4 Å². The molecule has 6 heteroatoms. The number of pyridine rings is 1. The molecule has 0 bridgehead atoms. The number of rotatable bonds is 7. The molecule has 6 nitrogen and oxygen atoms in total. The highest BCUT2D eigenvalue weighted by Gasteiger charge is 2.21. The van der Waals surface area contributed by atoms with Crippen LogP contribution in [-0.4, -0.2) is 60.1 Å². The van der Waals surface area contributed by atoms with Crippen molar-refractivity contribution < 1.29 is 14.3 Å². The van der Waals surface area contributed by atoms with Gasteiger partial charge in [-0.1, -0.05) is 6.07 Å². The van der Waals surface area contributed by atoms with Crippen molar-refractivity contribution in [3.63, 3.8) is 0 Å². The second-order valence-electron chi connectivity index (χ2n) is 6.17. The summed E-state index contributed by atoms with van der Waals surface area (Å²) in [5, 5.41) is 0. The number of hydrogen-bond donors (Lipinski definition) is 0. The summed E-state index contributed by atoms with van der Waals surface area (Å²) >= 11 is 0. The summed E-state index contributed by atoms with van der Waals surface area (Å²) in [4.78, 5) is 20.9. The minimum atomic E-state index is 0.0244. The fraction of sp³-hybridized carbons (Fsp3) is 0.400. The molecular formula is C20H25N3O3. The van der Waals surface area contributed by atoms with Crippen LogP contribution in [0, 0.1) is 0 Å². The zero-order valence-electron chi connectivity index (χ0n) is 15.1. The zero-order chi connectivity index (χ0) is 18.2. The lowest BCUT2D eigenvalue weighted by Crippen LogP contribution is -2.49. The number of carbonyl (C=O) groups excluding carboxylic acids is 1. The second kappa shape index (κ2) is 9.20. The third-order valence-electron chi connectivity index (χ3n) is 4.33. The first-order chi connectivity index (χ1) is 12.7. The summed E-state index contributed by atoms with van der Waals surface area (Å²) < 4.78 is 11.0. The van der Waals surface area contributed by atoms with Gasteiger partial charge in [-0.15, -0.1) is 0 Å². The number of aromatic nitrogens is 1. The van der Waals surface area contributed by atoms with E-state index in [4.69, 9.17) is 9.47 Å². The molecule has 0 radical (unpaired) electrons. The number of hydrogen-bond acceptors (Lipinski definition) is 5. The van der Waals surface area contributed by atoms with Crippen molar-refractivity contribution in [1.82, 2.24) is 14.8 Å². The molecule has 1 aromatic carbocycles. The third kappa shape index (κ3) is 5.20. The molecule has 0 saturated carbocycles. The van der Waals surface area contributed by atoms with Gasteiger partial charge in [0.1, 0.15) is 11.5 Å². The van der Waals surface area contributed by atoms with E-state index in [1.807, 2.05) is 60.5 Å². The summed E-state index contributed by atoms with van der Waals surface area (Å²) in [7, 11) is 0. The minimum absolute atomic E-state index is 0.0244. The van der Waals surface area contributed by atoms with Crippen molar-refractivity contribution in [1.29, 1.82) is 0 Å². The first-order valence-electron chi connectivity index (χ1n) is 9.00. The van der Waals surface area contributed by atoms with Crippen LogP contribution in [0.5, 0.6) is 11.5 Å². The van der Waals surface area contributed by atoms with Crippen LogP contribution in [0.2, 0.25) is 0 Å². The molecule has 0 atom stereocenters. The summed E-state index contributed by atoms with van der Waals surface area (Å²) in [6.45, 7) is 6.61. The average molecular weight is 355 g/mol. The number of piperazine rings is 1. The Morgan fingerprint density at radius 1 is 1.00 bits per heavy atom. The first-order valence-corrected chi connectivity index (χ1v) is 9.00. The van der Waals surface area contributed by atoms with Crippen molar-refractivity contribution in [2.75, 3.05) is 39.4 Å². The SMILES string of the molecule is CCOc1ccc(OCC(=O)N2CCN(Cc3ccccn3)CC2)cc1. The molecule has 1 amide bonds. The number of amides is 1. The topological polar surface area (TPSA) is 54.9 Å². The number of nitrogens with zero attached hydrogens (tertiary/aromatic N) is 3. The third-order valence-corrected chi connectivity index (χ3v) is 4.33. The monoisotopic (exact) mass is 355 g/mol. The summed E-state index contributed by atoms with van der Waals surface area (Å²) in [5.74, 6) is 1.50. The lowest BCUT2D eigenvalue weighted by molar-refractivity contribution is -0.135. The van der Waals surface area contributed by atoms with Gasteiger partial charge in [0.05, 0.1) is 12.3 Å². The van der Waals surface area contributed by atoms with Crippen LogP contribution in [0.4, 0.5) is 0 Å². The molecule has 1 aliphatic heterocycles. The number of carbonyl (C=O) groups is 1. The van der Waals surface area contributed by atoms with E-state index in [-0.39, 0.29) is 12.5 Å². The summed E-state index contributed by atoms with van der Waals surface area (Å²) in [6.07, 6.45) is 1.81. The van der Waals surface area contributed by atoms with Crippen LogP contribution in [0.15, 0.2) is 48.7 Å². The van der Waals surface area contributed by atoms with Crippen molar-refractivity contribution in [3.8, 4) is 11.5 Å². The predicted octanol–water partition coefficient (Wildman–Crippen LogP) is 2.20. The molecule has 1 aliphatic rings. The number of ether oxygens (including phenoxy) is 2. The lowest BCUT2D eigenvalue weighted by atomic mass is 10.2. The van der Waals surface area contributed by atoms with E-state index >= 15 is 0 Å². The largest absolute Gasteiger partial charge is 0.494 e. The quantitative estimate of drug-likeness (QED) is 0.762. The van der Waals surface area contributed by atoms with E-state index in [0.717, 1.165) is 44.2 Å². The fourth-order valence-corrected chi connectivity index (χ4v) is 2.91. The molecule has 138 valence electrons. The summed E-state index contributed by atoms with van der Waals surface area (Å²) in [6, 6.07) is 13.3. The maximum atomic E-state index is 12.4. The Morgan fingerprint density at radius 2 is 1.69 bits per heavy atom. The predicted molar refractivity (Wildman–Crippen MR) is 99.2 cm³/mol. The minimum Gasteiger partial charge on any atom is -0.494 e. The molecule has 0 spiro atoms. The lowest BCUT2D eigenvalue weighted by Gasteiger charge is -2.34.